The van der Waals surface area contributed by atoms with Crippen molar-refractivity contribution in [2.75, 3.05) is 5.32 Å². The number of benzene rings is 1. The summed E-state index contributed by atoms with van der Waals surface area (Å²) in [5.41, 5.74) is 3.80. The number of carbonyl (C=O) groups is 1. The molecule has 0 atom stereocenters. The van der Waals surface area contributed by atoms with Gasteiger partial charge in [0.15, 0.2) is 0 Å². The second-order valence-corrected chi connectivity index (χ2v) is 6.25. The van der Waals surface area contributed by atoms with E-state index in [4.69, 9.17) is 11.6 Å². The van der Waals surface area contributed by atoms with Gasteiger partial charge in [0, 0.05) is 11.9 Å². The van der Waals surface area contributed by atoms with Gasteiger partial charge >= 0.3 is 0 Å². The summed E-state index contributed by atoms with van der Waals surface area (Å²) >= 11 is 6.05. The number of para-hydroxylation sites is 1. The first-order chi connectivity index (χ1) is 11.0. The number of aryl methyl sites for hydroxylation is 1. The zero-order valence-electron chi connectivity index (χ0n) is 13.3. The molecule has 5 heteroatoms. The van der Waals surface area contributed by atoms with Gasteiger partial charge in [0.25, 0.3) is 5.91 Å². The van der Waals surface area contributed by atoms with Crippen LogP contribution in [0.25, 0.3) is 5.65 Å². The molecule has 4 nitrogen and oxygen atoms in total. The second-order valence-electron chi connectivity index (χ2n) is 5.82. The van der Waals surface area contributed by atoms with Crippen LogP contribution in [0.5, 0.6) is 0 Å². The van der Waals surface area contributed by atoms with Crippen LogP contribution in [-0.2, 0) is 0 Å². The molecule has 23 heavy (non-hydrogen) atoms. The maximum absolute atomic E-state index is 12.8. The van der Waals surface area contributed by atoms with E-state index in [9.17, 15) is 4.79 Å². The molecule has 0 spiro atoms. The maximum Gasteiger partial charge on any atom is 0.274 e. The summed E-state index contributed by atoms with van der Waals surface area (Å²) in [6, 6.07) is 11.4. The number of aromatic nitrogens is 2. The van der Waals surface area contributed by atoms with Crippen LogP contribution >= 0.6 is 11.6 Å². The number of amides is 1. The molecule has 0 bridgehead atoms. The number of anilines is 1. The van der Waals surface area contributed by atoms with Gasteiger partial charge in [0.2, 0.25) is 0 Å². The number of imidazole rings is 1. The molecule has 0 unspecified atom stereocenters. The Labute approximate surface area is 140 Å². The molecule has 0 saturated heterocycles. The molecule has 118 valence electrons. The van der Waals surface area contributed by atoms with Crippen LogP contribution in [0.15, 0.2) is 42.6 Å². The SMILES string of the molecule is Cc1nc2ccc(Cl)cn2c1C(=O)Nc1ccccc1C(C)C. The normalized spacial score (nSPS) is 11.2. The number of fused-ring (bicyclic) bond motifs is 1. The van der Waals surface area contributed by atoms with Crippen LogP contribution in [0.1, 0.15) is 41.5 Å². The molecule has 1 amide bonds. The number of carbonyl (C=O) groups excluding carboxylic acids is 1. The minimum Gasteiger partial charge on any atom is -0.320 e. The van der Waals surface area contributed by atoms with Crippen LogP contribution < -0.4 is 5.32 Å². The predicted octanol–water partition coefficient (Wildman–Crippen LogP) is 4.67. The quantitative estimate of drug-likeness (QED) is 0.759. The highest BCUT2D eigenvalue weighted by atomic mass is 35.5. The fourth-order valence-corrected chi connectivity index (χ4v) is 2.87. The van der Waals surface area contributed by atoms with E-state index in [1.807, 2.05) is 31.2 Å². The van der Waals surface area contributed by atoms with Gasteiger partial charge < -0.3 is 5.32 Å². The van der Waals surface area contributed by atoms with Crippen LogP contribution in [0, 0.1) is 6.92 Å². The van der Waals surface area contributed by atoms with Crippen LogP contribution in [0.3, 0.4) is 0 Å². The number of nitrogens with zero attached hydrogens (tertiary/aromatic N) is 2. The summed E-state index contributed by atoms with van der Waals surface area (Å²) in [5, 5.41) is 3.57. The number of hydrogen-bond donors (Lipinski definition) is 1. The second kappa shape index (κ2) is 6.05. The van der Waals surface area contributed by atoms with Crippen molar-refractivity contribution in [1.29, 1.82) is 0 Å². The first-order valence-electron chi connectivity index (χ1n) is 7.52. The van der Waals surface area contributed by atoms with Gasteiger partial charge in [-0.3, -0.25) is 9.20 Å². The molecule has 0 aliphatic rings. The van der Waals surface area contributed by atoms with Crippen molar-refractivity contribution in [1.82, 2.24) is 9.38 Å². The Kier molecular flexibility index (Phi) is 4.09. The highest BCUT2D eigenvalue weighted by Gasteiger charge is 2.18. The lowest BCUT2D eigenvalue weighted by Gasteiger charge is -2.13. The van der Waals surface area contributed by atoms with E-state index in [1.54, 1.807) is 22.7 Å². The molecular weight excluding hydrogens is 310 g/mol. The summed E-state index contributed by atoms with van der Waals surface area (Å²) in [4.78, 5) is 17.2. The summed E-state index contributed by atoms with van der Waals surface area (Å²) < 4.78 is 1.73. The zero-order valence-corrected chi connectivity index (χ0v) is 14.1. The molecule has 0 radical (unpaired) electrons. The first-order valence-corrected chi connectivity index (χ1v) is 7.89. The van der Waals surface area contributed by atoms with E-state index in [1.165, 1.54) is 0 Å². The molecule has 0 fully saturated rings. The molecule has 0 saturated carbocycles. The Morgan fingerprint density at radius 1 is 1.22 bits per heavy atom. The maximum atomic E-state index is 12.8. The summed E-state index contributed by atoms with van der Waals surface area (Å²) in [6.07, 6.45) is 1.71. The Bertz CT molecular complexity index is 883. The number of hydrogen-bond acceptors (Lipinski definition) is 2. The largest absolute Gasteiger partial charge is 0.320 e. The monoisotopic (exact) mass is 327 g/mol. The van der Waals surface area contributed by atoms with Crippen molar-refractivity contribution in [3.63, 3.8) is 0 Å². The molecule has 1 aromatic carbocycles. The minimum absolute atomic E-state index is 0.189. The number of nitrogens with one attached hydrogen (secondary N) is 1. The molecule has 2 heterocycles. The van der Waals surface area contributed by atoms with Gasteiger partial charge in [0.05, 0.1) is 10.7 Å². The van der Waals surface area contributed by atoms with Crippen molar-refractivity contribution in [3.8, 4) is 0 Å². The molecule has 0 aliphatic carbocycles. The van der Waals surface area contributed by atoms with E-state index >= 15 is 0 Å². The van der Waals surface area contributed by atoms with Crippen molar-refractivity contribution in [2.24, 2.45) is 0 Å². The Morgan fingerprint density at radius 3 is 2.70 bits per heavy atom. The van der Waals surface area contributed by atoms with Gasteiger partial charge in [-0.2, -0.15) is 0 Å². The van der Waals surface area contributed by atoms with Gasteiger partial charge in [0.1, 0.15) is 11.3 Å². The third-order valence-corrected chi connectivity index (χ3v) is 4.03. The van der Waals surface area contributed by atoms with Crippen LogP contribution in [-0.4, -0.2) is 15.3 Å². The molecule has 0 aliphatic heterocycles. The summed E-state index contributed by atoms with van der Waals surface area (Å²) in [7, 11) is 0. The van der Waals surface area contributed by atoms with E-state index < -0.39 is 0 Å². The molecule has 3 aromatic rings. The third-order valence-electron chi connectivity index (χ3n) is 3.80. The summed E-state index contributed by atoms with van der Waals surface area (Å²) in [5.74, 6) is 0.134. The first kappa shape index (κ1) is 15.6. The zero-order chi connectivity index (χ0) is 16.6. The highest BCUT2D eigenvalue weighted by Crippen LogP contribution is 2.25. The number of pyridine rings is 1. The van der Waals surface area contributed by atoms with Crippen LogP contribution in [0.2, 0.25) is 5.02 Å². The van der Waals surface area contributed by atoms with Crippen LogP contribution in [0.4, 0.5) is 5.69 Å². The van der Waals surface area contributed by atoms with Crippen molar-refractivity contribution < 1.29 is 4.79 Å². The van der Waals surface area contributed by atoms with E-state index in [2.05, 4.69) is 24.1 Å². The third kappa shape index (κ3) is 2.94. The van der Waals surface area contributed by atoms with Crippen molar-refractivity contribution in [2.45, 2.75) is 26.7 Å². The topological polar surface area (TPSA) is 46.4 Å². The smallest absolute Gasteiger partial charge is 0.274 e. The summed E-state index contributed by atoms with van der Waals surface area (Å²) in [6.45, 7) is 6.03. The van der Waals surface area contributed by atoms with Crippen molar-refractivity contribution in [3.05, 3.63) is 64.6 Å². The Morgan fingerprint density at radius 2 is 1.96 bits per heavy atom. The fourth-order valence-electron chi connectivity index (χ4n) is 2.71. The number of halogens is 1. The average Bonchev–Trinajstić information content (AvgIpc) is 2.82. The van der Waals surface area contributed by atoms with Gasteiger partial charge in [-0.05, 0) is 36.6 Å². The highest BCUT2D eigenvalue weighted by molar-refractivity contribution is 6.30. The predicted molar refractivity (Wildman–Crippen MR) is 93.4 cm³/mol. The fraction of sp³-hybridized carbons (Fsp3) is 0.222. The Hall–Kier alpha value is -2.33. The average molecular weight is 328 g/mol. The number of rotatable bonds is 3. The molecule has 3 rings (SSSR count). The molecular formula is C18H18ClN3O. The molecule has 1 N–H and O–H groups in total. The Balaban J connectivity index is 2.02. The van der Waals surface area contributed by atoms with Crippen molar-refractivity contribution >= 4 is 28.8 Å². The lowest BCUT2D eigenvalue weighted by molar-refractivity contribution is 0.102. The lowest BCUT2D eigenvalue weighted by atomic mass is 10.0. The van der Waals surface area contributed by atoms with Gasteiger partial charge in [-0.1, -0.05) is 43.6 Å². The molecule has 2 aromatic heterocycles. The van der Waals surface area contributed by atoms with E-state index in [0.717, 1.165) is 11.3 Å². The minimum atomic E-state index is -0.189. The standard InChI is InChI=1S/C18H18ClN3O/c1-11(2)14-6-4-5-7-15(14)21-18(23)17-12(3)20-16-9-8-13(19)10-22(16)17/h4-11H,1-3H3,(H,21,23). The lowest BCUT2D eigenvalue weighted by Crippen LogP contribution is -2.17. The van der Waals surface area contributed by atoms with E-state index in [0.29, 0.717) is 28.0 Å². The van der Waals surface area contributed by atoms with Gasteiger partial charge in [-0.25, -0.2) is 4.98 Å². The van der Waals surface area contributed by atoms with Gasteiger partial charge in [-0.15, -0.1) is 0 Å². The van der Waals surface area contributed by atoms with E-state index in [-0.39, 0.29) is 5.91 Å².